The lowest BCUT2D eigenvalue weighted by Gasteiger charge is -2.54. The topological polar surface area (TPSA) is 0 Å². The molecule has 4 aromatic rings. The average Bonchev–Trinajstić information content (AvgIpc) is 3.63. The highest BCUT2D eigenvalue weighted by Gasteiger charge is 2.49. The van der Waals surface area contributed by atoms with Gasteiger partial charge in [0.25, 0.3) is 0 Å². The van der Waals surface area contributed by atoms with Crippen LogP contribution in [0.4, 0.5) is 0 Å². The van der Waals surface area contributed by atoms with Gasteiger partial charge in [-0.25, -0.2) is 0 Å². The number of benzene rings is 4. The third-order valence-electron chi connectivity index (χ3n) is 11.0. The minimum absolute atomic E-state index is 0.786. The Kier molecular flexibility index (Phi) is 5.40. The molecule has 0 nitrogen and oxygen atoms in total. The lowest BCUT2D eigenvalue weighted by molar-refractivity contribution is -0.0193. The van der Waals surface area contributed by atoms with Crippen molar-refractivity contribution >= 4 is 17.2 Å². The van der Waals surface area contributed by atoms with Gasteiger partial charge in [0.2, 0.25) is 0 Å². The highest BCUT2D eigenvalue weighted by atomic mass is 14.5. The van der Waals surface area contributed by atoms with Gasteiger partial charge in [0.1, 0.15) is 0 Å². The molecular weight excluding hydrogens is 492 g/mol. The molecule has 41 heavy (non-hydrogen) atoms. The molecule has 0 atom stereocenters. The van der Waals surface area contributed by atoms with Crippen LogP contribution in [0.5, 0.6) is 0 Å². The fourth-order valence-corrected chi connectivity index (χ4v) is 9.69. The van der Waals surface area contributed by atoms with Crippen molar-refractivity contribution in [2.45, 2.75) is 38.5 Å². The first-order valence-electron chi connectivity index (χ1n) is 15.8. The summed E-state index contributed by atoms with van der Waals surface area (Å²) in [4.78, 5) is 0. The molecule has 0 unspecified atom stereocenters. The van der Waals surface area contributed by atoms with Crippen LogP contribution >= 0.6 is 0 Å². The molecule has 4 saturated carbocycles. The van der Waals surface area contributed by atoms with Gasteiger partial charge in [0.05, 0.1) is 0 Å². The third-order valence-corrected chi connectivity index (χ3v) is 11.0. The summed E-state index contributed by atoms with van der Waals surface area (Å²) in [5.41, 5.74) is 9.90. The maximum Gasteiger partial charge on any atom is -0.00325 e. The summed E-state index contributed by atoms with van der Waals surface area (Å²) in [5.74, 6) is 4.66. The molecule has 4 bridgehead atoms. The Hall–Kier alpha value is -3.90. The Morgan fingerprint density at radius 3 is 1.88 bits per heavy atom. The lowest BCUT2D eigenvalue weighted by Crippen LogP contribution is -2.45. The number of rotatable bonds is 4. The quantitative estimate of drug-likeness (QED) is 0.221. The number of hydrogen-bond acceptors (Lipinski definition) is 0. The Bertz CT molecular complexity index is 1890. The van der Waals surface area contributed by atoms with Crippen LogP contribution in [-0.4, -0.2) is 0 Å². The molecule has 0 heterocycles. The predicted octanol–water partition coefficient (Wildman–Crippen LogP) is 8.15. The third kappa shape index (κ3) is 3.80. The SMILES string of the molecule is C1=C(c2c3c(ccc2=C(c2ccccc2)c2ccccc2)=c2ccccc2=C3)CC=C1C1C2CC3CC(C2)CC1C3. The van der Waals surface area contributed by atoms with Crippen molar-refractivity contribution in [1.82, 2.24) is 0 Å². The van der Waals surface area contributed by atoms with E-state index in [0.717, 1.165) is 36.0 Å². The predicted molar refractivity (Wildman–Crippen MR) is 169 cm³/mol. The molecular formula is C41H36. The van der Waals surface area contributed by atoms with Gasteiger partial charge >= 0.3 is 0 Å². The first-order chi connectivity index (χ1) is 20.3. The molecule has 0 N–H and O–H groups in total. The molecule has 0 aliphatic heterocycles. The van der Waals surface area contributed by atoms with Crippen molar-refractivity contribution in [2.75, 3.05) is 0 Å². The molecule has 4 aromatic carbocycles. The van der Waals surface area contributed by atoms with E-state index in [1.807, 2.05) is 0 Å². The van der Waals surface area contributed by atoms with E-state index in [-0.39, 0.29) is 0 Å². The van der Waals surface area contributed by atoms with Gasteiger partial charge in [-0.15, -0.1) is 0 Å². The first-order valence-corrected chi connectivity index (χ1v) is 15.8. The molecule has 6 aliphatic rings. The molecule has 200 valence electrons. The summed E-state index contributed by atoms with van der Waals surface area (Å²) in [5, 5.41) is 5.44. The minimum Gasteiger partial charge on any atom is -0.0766 e. The van der Waals surface area contributed by atoms with E-state index in [2.05, 4.69) is 115 Å². The highest BCUT2D eigenvalue weighted by molar-refractivity contribution is 5.87. The van der Waals surface area contributed by atoms with E-state index in [4.69, 9.17) is 0 Å². The molecule has 0 radical (unpaired) electrons. The van der Waals surface area contributed by atoms with Crippen molar-refractivity contribution in [2.24, 2.45) is 29.6 Å². The van der Waals surface area contributed by atoms with Crippen LogP contribution in [0.2, 0.25) is 0 Å². The Labute approximate surface area is 242 Å². The van der Waals surface area contributed by atoms with E-state index in [9.17, 15) is 0 Å². The highest BCUT2D eigenvalue weighted by Crippen LogP contribution is 2.59. The van der Waals surface area contributed by atoms with E-state index < -0.39 is 0 Å². The second kappa shape index (κ2) is 9.31. The van der Waals surface area contributed by atoms with Gasteiger partial charge in [-0.05, 0) is 134 Å². The standard InChI is InChI=1S/C41H36/c1-3-9-28(10-4-1)40(29-11-5-2-6-12-29)37-18-17-36-35-14-8-7-13-30(35)25-38(36)41(37)32-16-15-31(24-32)39-33-20-26-19-27(22-33)23-34(39)21-26/h1-15,17-18,24-27,33-34,39H,16,19-23H2. The monoisotopic (exact) mass is 528 g/mol. The Morgan fingerprint density at radius 1 is 0.561 bits per heavy atom. The summed E-state index contributed by atoms with van der Waals surface area (Å²) >= 11 is 0. The molecule has 4 fully saturated rings. The van der Waals surface area contributed by atoms with Gasteiger partial charge in [-0.3, -0.25) is 0 Å². The van der Waals surface area contributed by atoms with Crippen molar-refractivity contribution in [3.63, 3.8) is 0 Å². The summed E-state index contributed by atoms with van der Waals surface area (Å²) in [7, 11) is 0. The van der Waals surface area contributed by atoms with Crippen molar-refractivity contribution in [1.29, 1.82) is 0 Å². The zero-order valence-electron chi connectivity index (χ0n) is 23.6. The summed E-state index contributed by atoms with van der Waals surface area (Å²) in [6.45, 7) is 0. The smallest absolute Gasteiger partial charge is 0.00325 e. The number of allylic oxidation sites excluding steroid dienone is 4. The van der Waals surface area contributed by atoms with Crippen LogP contribution < -0.4 is 10.4 Å². The first kappa shape index (κ1) is 23.8. The van der Waals surface area contributed by atoms with Crippen molar-refractivity contribution < 1.29 is 0 Å². The average molecular weight is 529 g/mol. The minimum atomic E-state index is 0.786. The zero-order chi connectivity index (χ0) is 26.9. The van der Waals surface area contributed by atoms with Gasteiger partial charge in [-0.2, -0.15) is 0 Å². The maximum absolute atomic E-state index is 2.65. The van der Waals surface area contributed by atoms with Crippen molar-refractivity contribution in [3.05, 3.63) is 158 Å². The lowest BCUT2D eigenvalue weighted by atomic mass is 9.50. The van der Waals surface area contributed by atoms with Crippen LogP contribution in [-0.2, 0) is 0 Å². The summed E-state index contributed by atoms with van der Waals surface area (Å²) in [6.07, 6.45) is 16.2. The van der Waals surface area contributed by atoms with Crippen LogP contribution in [0.15, 0.2) is 115 Å². The van der Waals surface area contributed by atoms with E-state index in [1.54, 1.807) is 5.57 Å². The van der Waals surface area contributed by atoms with Crippen LogP contribution in [0, 0.1) is 40.0 Å². The van der Waals surface area contributed by atoms with E-state index >= 15 is 0 Å². The Morgan fingerprint density at radius 2 is 1.20 bits per heavy atom. The van der Waals surface area contributed by atoms with E-state index in [1.165, 1.54) is 86.4 Å². The maximum atomic E-state index is 2.65. The molecule has 0 spiro atoms. The molecule has 0 saturated heterocycles. The molecule has 0 aromatic heterocycles. The second-order valence-corrected chi connectivity index (χ2v) is 13.3. The summed E-state index contributed by atoms with van der Waals surface area (Å²) < 4.78 is 0. The molecule has 10 rings (SSSR count). The van der Waals surface area contributed by atoms with Crippen LogP contribution in [0.3, 0.4) is 0 Å². The van der Waals surface area contributed by atoms with Crippen LogP contribution in [0.25, 0.3) is 17.2 Å². The number of hydrogen-bond donors (Lipinski definition) is 0. The van der Waals surface area contributed by atoms with Crippen molar-refractivity contribution in [3.8, 4) is 0 Å². The molecule has 0 heteroatoms. The molecule has 0 amide bonds. The molecule has 6 aliphatic carbocycles. The Balaban J connectivity index is 1.29. The van der Waals surface area contributed by atoms with Gasteiger partial charge in [-0.1, -0.05) is 109 Å². The van der Waals surface area contributed by atoms with Gasteiger partial charge in [0.15, 0.2) is 0 Å². The van der Waals surface area contributed by atoms with Gasteiger partial charge in [0, 0.05) is 0 Å². The van der Waals surface area contributed by atoms with Gasteiger partial charge < -0.3 is 0 Å². The normalized spacial score (nSPS) is 26.7. The van der Waals surface area contributed by atoms with Crippen LogP contribution in [0.1, 0.15) is 60.8 Å². The fraction of sp³-hybridized carbons (Fsp3) is 0.268. The number of fused-ring (bicyclic) bond motifs is 2. The second-order valence-electron chi connectivity index (χ2n) is 13.3. The zero-order valence-corrected chi connectivity index (χ0v) is 23.6. The van der Waals surface area contributed by atoms with E-state index in [0.29, 0.717) is 0 Å². The largest absolute Gasteiger partial charge is 0.0766 e. The fourth-order valence-electron chi connectivity index (χ4n) is 9.69. The summed E-state index contributed by atoms with van der Waals surface area (Å²) in [6, 6.07) is 35.8.